The highest BCUT2D eigenvalue weighted by Gasteiger charge is 2.27. The predicted molar refractivity (Wildman–Crippen MR) is 123 cm³/mol. The first-order valence-corrected chi connectivity index (χ1v) is 12.5. The molecule has 0 bridgehead atoms. The van der Waals surface area contributed by atoms with E-state index in [0.717, 1.165) is 28.8 Å². The lowest BCUT2D eigenvalue weighted by Gasteiger charge is -2.16. The molecule has 9 heteroatoms. The fourth-order valence-electron chi connectivity index (χ4n) is 3.50. The zero-order valence-corrected chi connectivity index (χ0v) is 19.0. The second-order valence-electron chi connectivity index (χ2n) is 7.48. The number of anilines is 1. The number of aryl methyl sites for hydroxylation is 1. The Morgan fingerprint density at radius 3 is 2.45 bits per heavy atom. The highest BCUT2D eigenvalue weighted by molar-refractivity contribution is 8.00. The molecule has 1 aromatic heterocycles. The predicted octanol–water partition coefficient (Wildman–Crippen LogP) is 3.84. The average Bonchev–Trinajstić information content (AvgIpc) is 3.30. The van der Waals surface area contributed by atoms with E-state index in [9.17, 15) is 13.2 Å². The summed E-state index contributed by atoms with van der Waals surface area (Å²) >= 11 is 1.37. The van der Waals surface area contributed by atoms with Gasteiger partial charge in [-0.05, 0) is 57.0 Å². The average molecular weight is 457 g/mol. The Morgan fingerprint density at radius 2 is 1.74 bits per heavy atom. The van der Waals surface area contributed by atoms with E-state index in [1.165, 1.54) is 16.1 Å². The van der Waals surface area contributed by atoms with Gasteiger partial charge in [-0.15, -0.1) is 0 Å². The Labute approximate surface area is 186 Å². The molecular formula is C22H24N4O3S2. The van der Waals surface area contributed by atoms with Crippen molar-refractivity contribution in [3.63, 3.8) is 0 Å². The monoisotopic (exact) mass is 456 g/mol. The van der Waals surface area contributed by atoms with Crippen molar-refractivity contribution in [2.75, 3.05) is 18.4 Å². The zero-order valence-electron chi connectivity index (χ0n) is 17.4. The lowest BCUT2D eigenvalue weighted by atomic mass is 10.2. The molecule has 1 fully saturated rings. The van der Waals surface area contributed by atoms with Gasteiger partial charge in [-0.1, -0.05) is 30.0 Å². The van der Waals surface area contributed by atoms with Gasteiger partial charge in [0.2, 0.25) is 15.9 Å². The van der Waals surface area contributed by atoms with Gasteiger partial charge in [0.25, 0.3) is 0 Å². The largest absolute Gasteiger partial charge is 0.325 e. The summed E-state index contributed by atoms with van der Waals surface area (Å²) in [6.07, 6.45) is 1.79. The van der Waals surface area contributed by atoms with Crippen molar-refractivity contribution < 1.29 is 13.2 Å². The Hall–Kier alpha value is -2.49. The highest BCUT2D eigenvalue weighted by atomic mass is 32.2. The minimum absolute atomic E-state index is 0.180. The van der Waals surface area contributed by atoms with Crippen molar-refractivity contribution in [3.05, 3.63) is 54.4 Å². The summed E-state index contributed by atoms with van der Waals surface area (Å²) in [4.78, 5) is 21.9. The van der Waals surface area contributed by atoms with Crippen molar-refractivity contribution in [1.29, 1.82) is 0 Å². The third kappa shape index (κ3) is 4.73. The summed E-state index contributed by atoms with van der Waals surface area (Å²) in [6, 6.07) is 14.1. The maximum absolute atomic E-state index is 12.7. The molecule has 31 heavy (non-hydrogen) atoms. The van der Waals surface area contributed by atoms with Gasteiger partial charge in [0, 0.05) is 24.2 Å². The van der Waals surface area contributed by atoms with E-state index in [1.54, 1.807) is 24.3 Å². The van der Waals surface area contributed by atoms with Crippen LogP contribution < -0.4 is 5.32 Å². The molecular weight excluding hydrogens is 432 g/mol. The molecule has 162 valence electrons. The van der Waals surface area contributed by atoms with E-state index < -0.39 is 15.3 Å². The number of para-hydroxylation sites is 1. The minimum Gasteiger partial charge on any atom is -0.325 e. The van der Waals surface area contributed by atoms with Crippen LogP contribution in [0.5, 0.6) is 0 Å². The number of amides is 1. The minimum atomic E-state index is -3.46. The molecule has 1 aliphatic rings. The first kappa shape index (κ1) is 21.7. The standard InChI is InChI=1S/C22H24N4O3S2/c1-15(30-22-19-7-3-4-8-20(19)23-16(2)24-22)21(27)25-17-9-11-18(12-10-17)31(28,29)26-13-5-6-14-26/h3-4,7-12,15H,5-6,13-14H2,1-2H3,(H,25,27). The van der Waals surface area contributed by atoms with Crippen LogP contribution in [-0.2, 0) is 14.8 Å². The Balaban J connectivity index is 1.45. The number of benzene rings is 2. The molecule has 0 radical (unpaired) electrons. The van der Waals surface area contributed by atoms with Gasteiger partial charge >= 0.3 is 0 Å². The summed E-state index contributed by atoms with van der Waals surface area (Å²) in [6.45, 7) is 4.77. The molecule has 3 aromatic rings. The molecule has 1 N–H and O–H groups in total. The van der Waals surface area contributed by atoms with Gasteiger partial charge in [0.15, 0.2) is 0 Å². The number of rotatable bonds is 6. The Morgan fingerprint density at radius 1 is 1.06 bits per heavy atom. The normalized spacial score (nSPS) is 15.8. The van der Waals surface area contributed by atoms with E-state index in [0.29, 0.717) is 24.6 Å². The number of fused-ring (bicyclic) bond motifs is 1. The molecule has 4 rings (SSSR count). The summed E-state index contributed by atoms with van der Waals surface area (Å²) < 4.78 is 26.8. The smallest absolute Gasteiger partial charge is 0.243 e. The number of nitrogens with one attached hydrogen (secondary N) is 1. The quantitative estimate of drug-likeness (QED) is 0.448. The van der Waals surface area contributed by atoms with Crippen molar-refractivity contribution >= 4 is 44.3 Å². The zero-order chi connectivity index (χ0) is 22.0. The van der Waals surface area contributed by atoms with E-state index in [4.69, 9.17) is 0 Å². The van der Waals surface area contributed by atoms with Crippen molar-refractivity contribution in [2.24, 2.45) is 0 Å². The molecule has 7 nitrogen and oxygen atoms in total. The molecule has 1 aliphatic heterocycles. The number of aromatic nitrogens is 2. The Kier molecular flexibility index (Phi) is 6.27. The van der Waals surface area contributed by atoms with Gasteiger partial charge in [0.1, 0.15) is 10.9 Å². The van der Waals surface area contributed by atoms with Gasteiger partial charge in [0.05, 0.1) is 15.7 Å². The summed E-state index contributed by atoms with van der Waals surface area (Å²) in [5.41, 5.74) is 1.40. The van der Waals surface area contributed by atoms with E-state index in [-0.39, 0.29) is 10.8 Å². The van der Waals surface area contributed by atoms with Crippen LogP contribution >= 0.6 is 11.8 Å². The Bertz CT molecular complexity index is 1210. The number of hydrogen-bond acceptors (Lipinski definition) is 6. The van der Waals surface area contributed by atoms with E-state index >= 15 is 0 Å². The SMILES string of the molecule is Cc1nc(SC(C)C(=O)Nc2ccc(S(=O)(=O)N3CCCC3)cc2)c2ccccc2n1. The van der Waals surface area contributed by atoms with Gasteiger partial charge in [-0.2, -0.15) is 4.31 Å². The second kappa shape index (κ2) is 8.94. The van der Waals surface area contributed by atoms with Crippen LogP contribution in [0.15, 0.2) is 58.5 Å². The summed E-state index contributed by atoms with van der Waals surface area (Å²) in [7, 11) is -3.46. The molecule has 1 amide bonds. The third-order valence-electron chi connectivity index (χ3n) is 5.16. The van der Waals surface area contributed by atoms with Crippen molar-refractivity contribution in [1.82, 2.24) is 14.3 Å². The first-order chi connectivity index (χ1) is 14.8. The molecule has 0 spiro atoms. The number of nitrogens with zero attached hydrogens (tertiary/aromatic N) is 3. The molecule has 2 aromatic carbocycles. The van der Waals surface area contributed by atoms with Gasteiger partial charge in [-0.25, -0.2) is 18.4 Å². The van der Waals surface area contributed by atoms with E-state index in [2.05, 4.69) is 15.3 Å². The fraction of sp³-hybridized carbons (Fsp3) is 0.318. The van der Waals surface area contributed by atoms with Crippen LogP contribution in [0.2, 0.25) is 0 Å². The summed E-state index contributed by atoms with van der Waals surface area (Å²) in [5, 5.41) is 4.14. The van der Waals surface area contributed by atoms with Crippen LogP contribution in [0.3, 0.4) is 0 Å². The maximum Gasteiger partial charge on any atom is 0.243 e. The lowest BCUT2D eigenvalue weighted by molar-refractivity contribution is -0.115. The maximum atomic E-state index is 12.7. The fourth-order valence-corrected chi connectivity index (χ4v) is 6.00. The third-order valence-corrected chi connectivity index (χ3v) is 8.18. The van der Waals surface area contributed by atoms with Gasteiger partial charge in [-0.3, -0.25) is 4.79 Å². The highest BCUT2D eigenvalue weighted by Crippen LogP contribution is 2.29. The van der Waals surface area contributed by atoms with Crippen LogP contribution in [-0.4, -0.2) is 46.9 Å². The van der Waals surface area contributed by atoms with Crippen LogP contribution in [0, 0.1) is 6.92 Å². The van der Waals surface area contributed by atoms with Crippen molar-refractivity contribution in [3.8, 4) is 0 Å². The molecule has 0 aliphatic carbocycles. The molecule has 1 atom stereocenters. The molecule has 0 saturated carbocycles. The second-order valence-corrected chi connectivity index (χ2v) is 10.7. The number of carbonyl (C=O) groups excluding carboxylic acids is 1. The van der Waals surface area contributed by atoms with Crippen molar-refractivity contribution in [2.45, 2.75) is 41.9 Å². The molecule has 2 heterocycles. The number of sulfonamides is 1. The van der Waals surface area contributed by atoms with Crippen LogP contribution in [0.25, 0.3) is 10.9 Å². The van der Waals surface area contributed by atoms with Crippen LogP contribution in [0.1, 0.15) is 25.6 Å². The number of hydrogen-bond donors (Lipinski definition) is 1. The summed E-state index contributed by atoms with van der Waals surface area (Å²) in [5.74, 6) is 0.476. The molecule has 1 saturated heterocycles. The first-order valence-electron chi connectivity index (χ1n) is 10.2. The van der Waals surface area contributed by atoms with E-state index in [1.807, 2.05) is 38.1 Å². The number of carbonyl (C=O) groups is 1. The van der Waals surface area contributed by atoms with Gasteiger partial charge < -0.3 is 5.32 Å². The molecule has 1 unspecified atom stereocenters. The van der Waals surface area contributed by atoms with Crippen LogP contribution in [0.4, 0.5) is 5.69 Å². The number of thioether (sulfide) groups is 1. The topological polar surface area (TPSA) is 92.3 Å². The lowest BCUT2D eigenvalue weighted by Crippen LogP contribution is -2.27.